The molecular formula is C35H41N11O4. The van der Waals surface area contributed by atoms with Crippen LogP contribution in [-0.4, -0.2) is 90.9 Å². The first-order chi connectivity index (χ1) is 24.0. The summed E-state index contributed by atoms with van der Waals surface area (Å²) in [5.74, 6) is -1.13. The van der Waals surface area contributed by atoms with E-state index in [2.05, 4.69) is 48.9 Å². The van der Waals surface area contributed by atoms with Crippen LogP contribution >= 0.6 is 0 Å². The number of nitrogens with one attached hydrogen (secondary N) is 3. The molecule has 1 aliphatic carbocycles. The summed E-state index contributed by atoms with van der Waals surface area (Å²) >= 11 is 0. The summed E-state index contributed by atoms with van der Waals surface area (Å²) in [6, 6.07) is 14.2. The maximum absolute atomic E-state index is 12.6. The summed E-state index contributed by atoms with van der Waals surface area (Å²) in [7, 11) is 5.79. The summed E-state index contributed by atoms with van der Waals surface area (Å²) in [6.07, 6.45) is 4.26. The van der Waals surface area contributed by atoms with Crippen LogP contribution in [0.2, 0.25) is 0 Å². The third-order valence-corrected chi connectivity index (χ3v) is 9.39. The molecule has 0 bridgehead atoms. The Hall–Kier alpha value is -5.22. The van der Waals surface area contributed by atoms with E-state index >= 15 is 0 Å². The van der Waals surface area contributed by atoms with Gasteiger partial charge in [0.15, 0.2) is 11.9 Å². The van der Waals surface area contributed by atoms with Crippen LogP contribution < -0.4 is 20.9 Å². The fourth-order valence-corrected chi connectivity index (χ4v) is 6.59. The molecule has 15 nitrogen and oxygen atoms in total. The van der Waals surface area contributed by atoms with Crippen molar-refractivity contribution >= 4 is 40.9 Å². The van der Waals surface area contributed by atoms with Gasteiger partial charge in [0, 0.05) is 49.3 Å². The Bertz CT molecular complexity index is 2080. The molecule has 1 unspecified atom stereocenters. The largest absolute Gasteiger partial charge is 0.364 e. The summed E-state index contributed by atoms with van der Waals surface area (Å²) in [5.41, 5.74) is 6.46. The number of amides is 1. The summed E-state index contributed by atoms with van der Waals surface area (Å²) < 4.78 is 3.72. The van der Waals surface area contributed by atoms with Crippen molar-refractivity contribution in [3.63, 3.8) is 0 Å². The van der Waals surface area contributed by atoms with Crippen LogP contribution in [0.3, 0.4) is 0 Å². The molecule has 5 N–H and O–H groups in total. The van der Waals surface area contributed by atoms with E-state index in [0.29, 0.717) is 36.7 Å². The predicted octanol–water partition coefficient (Wildman–Crippen LogP) is 3.20. The monoisotopic (exact) mass is 679 g/mol. The molecule has 5 aromatic rings. The van der Waals surface area contributed by atoms with E-state index in [1.165, 1.54) is 17.0 Å². The van der Waals surface area contributed by atoms with Crippen molar-refractivity contribution < 1.29 is 19.8 Å². The number of aldehydes is 1. The number of hydrogen-bond acceptors (Lipinski definition) is 12. The van der Waals surface area contributed by atoms with Crippen molar-refractivity contribution in [1.82, 2.24) is 39.6 Å². The van der Waals surface area contributed by atoms with Crippen LogP contribution in [-0.2, 0) is 10.7 Å². The van der Waals surface area contributed by atoms with Crippen LogP contribution in [0.5, 0.6) is 0 Å². The number of aryl methyl sites for hydroxylation is 1. The van der Waals surface area contributed by atoms with Gasteiger partial charge in [-0.2, -0.15) is 14.7 Å². The van der Waals surface area contributed by atoms with E-state index in [9.17, 15) is 19.8 Å². The summed E-state index contributed by atoms with van der Waals surface area (Å²) in [6.45, 7) is 4.70. The van der Waals surface area contributed by atoms with Crippen LogP contribution in [0.15, 0.2) is 54.7 Å². The quantitative estimate of drug-likeness (QED) is 0.120. The molecule has 8 rings (SSSR count). The van der Waals surface area contributed by atoms with Crippen molar-refractivity contribution in [3.05, 3.63) is 77.5 Å². The Morgan fingerprint density at radius 3 is 2.50 bits per heavy atom. The molecule has 1 saturated heterocycles. The molecule has 1 aromatic carbocycles. The molecule has 260 valence electrons. The SMILES string of the molecule is CNC.Cc1cc2nc(NC(=O)C3CC3)cc(Nc3cccc4c3N(C)C(C)c3c-4cnn3C3CN(C(O)(O)c4cccc(C=O)n4)C3)n2n1. The number of aromatic nitrogens is 6. The second kappa shape index (κ2) is 12.9. The minimum Gasteiger partial charge on any atom is -0.364 e. The molecule has 2 aliphatic heterocycles. The normalized spacial score (nSPS) is 17.3. The number of carbonyl (C=O) groups excluding carboxylic acids is 2. The fraction of sp³-hybridized carbons (Fsp3) is 0.371. The number of fused-ring (bicyclic) bond motifs is 4. The zero-order valence-corrected chi connectivity index (χ0v) is 28.6. The second-order valence-corrected chi connectivity index (χ2v) is 13.1. The lowest BCUT2D eigenvalue weighted by atomic mass is 9.93. The maximum atomic E-state index is 12.6. The first-order valence-electron chi connectivity index (χ1n) is 16.6. The van der Waals surface area contributed by atoms with E-state index in [-0.39, 0.29) is 35.3 Å². The molecule has 2 fully saturated rings. The number of aliphatic hydroxyl groups is 2. The van der Waals surface area contributed by atoms with Gasteiger partial charge in [-0.3, -0.25) is 14.3 Å². The number of benzene rings is 1. The first kappa shape index (κ1) is 33.3. The molecule has 0 spiro atoms. The molecule has 1 amide bonds. The van der Waals surface area contributed by atoms with Crippen molar-refractivity contribution in [1.29, 1.82) is 0 Å². The van der Waals surface area contributed by atoms with E-state index in [0.717, 1.165) is 46.7 Å². The highest BCUT2D eigenvalue weighted by Gasteiger charge is 2.46. The van der Waals surface area contributed by atoms with Gasteiger partial charge in [-0.25, -0.2) is 14.9 Å². The second-order valence-electron chi connectivity index (χ2n) is 13.1. The Kier molecular flexibility index (Phi) is 8.59. The van der Waals surface area contributed by atoms with Crippen LogP contribution in [0, 0.1) is 12.8 Å². The van der Waals surface area contributed by atoms with Gasteiger partial charge in [0.25, 0.3) is 5.91 Å². The Morgan fingerprint density at radius 1 is 1.04 bits per heavy atom. The van der Waals surface area contributed by atoms with Crippen LogP contribution in [0.1, 0.15) is 59.4 Å². The summed E-state index contributed by atoms with van der Waals surface area (Å²) in [5, 5.41) is 40.6. The number of nitrogens with zero attached hydrogens (tertiary/aromatic N) is 8. The average Bonchev–Trinajstić information content (AvgIpc) is 3.73. The first-order valence-corrected chi connectivity index (χ1v) is 16.6. The van der Waals surface area contributed by atoms with Crippen molar-refractivity contribution in [2.24, 2.45) is 5.92 Å². The number of likely N-dealkylation sites (tertiary alicyclic amines) is 1. The Labute approximate surface area is 288 Å². The summed E-state index contributed by atoms with van der Waals surface area (Å²) in [4.78, 5) is 36.2. The molecular weight excluding hydrogens is 638 g/mol. The lowest BCUT2D eigenvalue weighted by molar-refractivity contribution is -0.302. The van der Waals surface area contributed by atoms with Crippen molar-refractivity contribution in [2.75, 3.05) is 49.8 Å². The van der Waals surface area contributed by atoms with Gasteiger partial charge in [0.1, 0.15) is 23.0 Å². The average molecular weight is 680 g/mol. The van der Waals surface area contributed by atoms with E-state index in [4.69, 9.17) is 5.10 Å². The number of anilines is 4. The molecule has 1 atom stereocenters. The number of pyridine rings is 1. The molecule has 15 heteroatoms. The molecule has 50 heavy (non-hydrogen) atoms. The lowest BCUT2D eigenvalue weighted by Crippen LogP contribution is -2.59. The molecule has 3 aliphatic rings. The smallest absolute Gasteiger partial charge is 0.271 e. The zero-order chi connectivity index (χ0) is 35.3. The predicted molar refractivity (Wildman–Crippen MR) is 188 cm³/mol. The Morgan fingerprint density at radius 2 is 1.78 bits per heavy atom. The third kappa shape index (κ3) is 5.87. The highest BCUT2D eigenvalue weighted by atomic mass is 16.5. The van der Waals surface area contributed by atoms with Gasteiger partial charge < -0.3 is 31.1 Å². The van der Waals surface area contributed by atoms with Crippen molar-refractivity contribution in [3.8, 4) is 11.1 Å². The lowest BCUT2D eigenvalue weighted by Gasteiger charge is -2.47. The molecule has 0 radical (unpaired) electrons. The molecule has 6 heterocycles. The van der Waals surface area contributed by atoms with Gasteiger partial charge >= 0.3 is 0 Å². The standard InChI is InChI=1S/C33H34N10O4.C2H7N/c1-18-12-28-37-27(38-32(45)20-10-11-20)13-29(43(28)39-18)36-25-8-5-7-23-24-14-34-42(30(24)19(2)40(3)31(23)25)22-15-41(16-22)33(46,47)26-9-4-6-21(17-44)35-26;1-3-2/h4-9,12-14,17,19-20,22,36,46-47H,10-11,15-16H2,1-3H3,(H,37,38,45);3H,1-2H3. The topological polar surface area (TPSA) is 178 Å². The highest BCUT2D eigenvalue weighted by Crippen LogP contribution is 2.49. The van der Waals surface area contributed by atoms with Gasteiger partial charge in [0.2, 0.25) is 5.91 Å². The number of carbonyl (C=O) groups is 2. The van der Waals surface area contributed by atoms with Gasteiger partial charge in [0.05, 0.1) is 41.0 Å². The zero-order valence-electron chi connectivity index (χ0n) is 28.6. The number of para-hydroxylation sites is 1. The Balaban J connectivity index is 0.00000126. The van der Waals surface area contributed by atoms with E-state index in [1.807, 2.05) is 63.2 Å². The number of rotatable bonds is 8. The maximum Gasteiger partial charge on any atom is 0.271 e. The molecule has 1 saturated carbocycles. The minimum atomic E-state index is -2.32. The third-order valence-electron chi connectivity index (χ3n) is 9.39. The van der Waals surface area contributed by atoms with Crippen LogP contribution in [0.25, 0.3) is 16.8 Å². The van der Waals surface area contributed by atoms with Crippen molar-refractivity contribution in [2.45, 2.75) is 44.7 Å². The number of hydrogen-bond donors (Lipinski definition) is 5. The van der Waals surface area contributed by atoms with Gasteiger partial charge in [-0.1, -0.05) is 18.2 Å². The van der Waals surface area contributed by atoms with Gasteiger partial charge in [-0.05, 0) is 59.0 Å². The fourth-order valence-electron chi connectivity index (χ4n) is 6.59. The molecule has 4 aromatic heterocycles. The minimum absolute atomic E-state index is 0.000683. The van der Waals surface area contributed by atoms with Gasteiger partial charge in [-0.15, -0.1) is 0 Å². The van der Waals surface area contributed by atoms with E-state index < -0.39 is 5.91 Å². The highest BCUT2D eigenvalue weighted by molar-refractivity contribution is 5.95. The van der Waals surface area contributed by atoms with Crippen LogP contribution in [0.4, 0.5) is 23.0 Å². The van der Waals surface area contributed by atoms with E-state index in [1.54, 1.807) is 10.6 Å².